The summed E-state index contributed by atoms with van der Waals surface area (Å²) in [5.41, 5.74) is 5.66. The van der Waals surface area contributed by atoms with Crippen LogP contribution in [-0.4, -0.2) is 41.5 Å². The smallest absolute Gasteiger partial charge is 0.230 e. The van der Waals surface area contributed by atoms with E-state index in [4.69, 9.17) is 18.0 Å². The molecule has 0 radical (unpaired) electrons. The Kier molecular flexibility index (Phi) is 4.56. The second kappa shape index (κ2) is 5.97. The van der Waals surface area contributed by atoms with Gasteiger partial charge >= 0.3 is 0 Å². The molecule has 1 amide bonds. The molecular weight excluding hydrogens is 246 g/mol. The lowest BCUT2D eigenvalue weighted by Gasteiger charge is -2.45. The monoisotopic (exact) mass is 269 g/mol. The Morgan fingerprint density at radius 2 is 2.17 bits per heavy atom. The van der Waals surface area contributed by atoms with Crippen molar-refractivity contribution in [2.45, 2.75) is 38.6 Å². The molecule has 0 aliphatic carbocycles. The van der Waals surface area contributed by atoms with E-state index < -0.39 is 0 Å². The summed E-state index contributed by atoms with van der Waals surface area (Å²) in [4.78, 5) is 15.0. The van der Waals surface area contributed by atoms with Gasteiger partial charge in [-0.1, -0.05) is 25.6 Å². The fourth-order valence-electron chi connectivity index (χ4n) is 3.10. The minimum atomic E-state index is -0.291. The van der Waals surface area contributed by atoms with E-state index in [2.05, 4.69) is 10.2 Å². The Balaban J connectivity index is 1.92. The summed E-state index contributed by atoms with van der Waals surface area (Å²) in [6.45, 7) is 5.41. The minimum Gasteiger partial charge on any atom is -0.393 e. The standard InChI is InChI=1S/C13H23N3OS/c1-2-3-10(12(14)18)13(17)15-11-8-16-6-4-9(11)5-7-16/h9-11H,2-8H2,1H3,(H2,14,18)(H,15,17). The molecule has 18 heavy (non-hydrogen) atoms. The molecule has 3 N–H and O–H groups in total. The lowest BCUT2D eigenvalue weighted by molar-refractivity contribution is -0.125. The Morgan fingerprint density at radius 3 is 2.61 bits per heavy atom. The van der Waals surface area contributed by atoms with Crippen LogP contribution in [0.1, 0.15) is 32.6 Å². The Hall–Kier alpha value is -0.680. The molecule has 3 aliphatic heterocycles. The Labute approximate surface area is 114 Å². The predicted molar refractivity (Wildman–Crippen MR) is 76.3 cm³/mol. The fraction of sp³-hybridized carbons (Fsp3) is 0.846. The molecule has 3 heterocycles. The molecule has 2 unspecified atom stereocenters. The zero-order valence-corrected chi connectivity index (χ0v) is 11.8. The van der Waals surface area contributed by atoms with Gasteiger partial charge in [0.1, 0.15) is 0 Å². The van der Waals surface area contributed by atoms with Crippen LogP contribution in [0.5, 0.6) is 0 Å². The first-order valence-corrected chi connectivity index (χ1v) is 7.34. The maximum atomic E-state index is 12.2. The number of rotatable bonds is 5. The quantitative estimate of drug-likeness (QED) is 0.728. The van der Waals surface area contributed by atoms with Crippen molar-refractivity contribution in [2.75, 3.05) is 19.6 Å². The molecule has 0 aromatic rings. The molecule has 0 saturated carbocycles. The summed E-state index contributed by atoms with van der Waals surface area (Å²) in [6, 6.07) is 0.300. The topological polar surface area (TPSA) is 58.4 Å². The molecule has 0 spiro atoms. The van der Waals surface area contributed by atoms with Gasteiger partial charge in [0.2, 0.25) is 5.91 Å². The molecule has 3 rings (SSSR count). The highest BCUT2D eigenvalue weighted by Crippen LogP contribution is 2.27. The largest absolute Gasteiger partial charge is 0.393 e. The van der Waals surface area contributed by atoms with Crippen molar-refractivity contribution in [1.29, 1.82) is 0 Å². The maximum absolute atomic E-state index is 12.2. The van der Waals surface area contributed by atoms with E-state index in [-0.39, 0.29) is 11.8 Å². The molecule has 3 saturated heterocycles. The van der Waals surface area contributed by atoms with Gasteiger partial charge in [0.05, 0.1) is 10.9 Å². The maximum Gasteiger partial charge on any atom is 0.230 e. The SMILES string of the molecule is CCCC(C(=O)NC1CN2CCC1CC2)C(N)=S. The molecule has 102 valence electrons. The summed E-state index contributed by atoms with van der Waals surface area (Å²) in [5, 5.41) is 3.17. The number of thiocarbonyl (C=S) groups is 1. The van der Waals surface area contributed by atoms with Crippen LogP contribution in [0.25, 0.3) is 0 Å². The van der Waals surface area contributed by atoms with Crippen LogP contribution in [-0.2, 0) is 4.79 Å². The van der Waals surface area contributed by atoms with Crippen molar-refractivity contribution >= 4 is 23.1 Å². The third kappa shape index (κ3) is 3.01. The van der Waals surface area contributed by atoms with Crippen LogP contribution in [0.4, 0.5) is 0 Å². The first kappa shape index (κ1) is 13.7. The normalized spacial score (nSPS) is 31.9. The van der Waals surface area contributed by atoms with Crippen molar-refractivity contribution < 1.29 is 4.79 Å². The number of carbonyl (C=O) groups excluding carboxylic acids is 1. The van der Waals surface area contributed by atoms with Gasteiger partial charge in [-0.3, -0.25) is 4.79 Å². The molecule has 0 aromatic heterocycles. The van der Waals surface area contributed by atoms with Crippen LogP contribution < -0.4 is 11.1 Å². The number of carbonyl (C=O) groups is 1. The third-order valence-electron chi connectivity index (χ3n) is 4.22. The van der Waals surface area contributed by atoms with E-state index in [1.54, 1.807) is 0 Å². The Bertz CT molecular complexity index is 326. The number of hydrogen-bond acceptors (Lipinski definition) is 3. The highest BCUT2D eigenvalue weighted by molar-refractivity contribution is 7.80. The van der Waals surface area contributed by atoms with Gasteiger partial charge in [-0.15, -0.1) is 0 Å². The van der Waals surface area contributed by atoms with Gasteiger partial charge in [-0.25, -0.2) is 0 Å². The zero-order chi connectivity index (χ0) is 13.1. The average molecular weight is 269 g/mol. The number of nitrogens with zero attached hydrogens (tertiary/aromatic N) is 1. The van der Waals surface area contributed by atoms with Crippen molar-refractivity contribution in [3.63, 3.8) is 0 Å². The van der Waals surface area contributed by atoms with Gasteiger partial charge < -0.3 is 16.0 Å². The highest BCUT2D eigenvalue weighted by atomic mass is 32.1. The van der Waals surface area contributed by atoms with Crippen molar-refractivity contribution in [1.82, 2.24) is 10.2 Å². The van der Waals surface area contributed by atoms with E-state index in [1.165, 1.54) is 25.9 Å². The van der Waals surface area contributed by atoms with Gasteiger partial charge in [-0.05, 0) is 38.3 Å². The summed E-state index contributed by atoms with van der Waals surface area (Å²) < 4.78 is 0. The summed E-state index contributed by atoms with van der Waals surface area (Å²) in [6.07, 6.45) is 4.09. The fourth-order valence-corrected chi connectivity index (χ4v) is 3.33. The van der Waals surface area contributed by atoms with Crippen molar-refractivity contribution in [3.05, 3.63) is 0 Å². The first-order chi connectivity index (χ1) is 8.61. The highest BCUT2D eigenvalue weighted by Gasteiger charge is 2.36. The second-order valence-corrected chi connectivity index (χ2v) is 5.97. The van der Waals surface area contributed by atoms with Gasteiger partial charge in [0.25, 0.3) is 0 Å². The molecule has 3 aliphatic rings. The second-order valence-electron chi connectivity index (χ2n) is 5.50. The van der Waals surface area contributed by atoms with Crippen LogP contribution >= 0.6 is 12.2 Å². The number of amides is 1. The lowest BCUT2D eigenvalue weighted by atomic mass is 9.83. The van der Waals surface area contributed by atoms with E-state index in [9.17, 15) is 4.79 Å². The van der Waals surface area contributed by atoms with Crippen LogP contribution in [0.3, 0.4) is 0 Å². The zero-order valence-electron chi connectivity index (χ0n) is 11.0. The number of piperidine rings is 3. The van der Waals surface area contributed by atoms with Gasteiger partial charge in [0.15, 0.2) is 0 Å². The Morgan fingerprint density at radius 1 is 1.50 bits per heavy atom. The van der Waals surface area contributed by atoms with E-state index in [1.807, 2.05) is 6.92 Å². The molecule has 5 heteroatoms. The molecular formula is C13H23N3OS. The molecule has 2 bridgehead atoms. The van der Waals surface area contributed by atoms with E-state index in [0.717, 1.165) is 19.4 Å². The number of nitrogens with two attached hydrogens (primary N) is 1. The van der Waals surface area contributed by atoms with Gasteiger partial charge in [0, 0.05) is 12.6 Å². The summed E-state index contributed by atoms with van der Waals surface area (Å²) in [7, 11) is 0. The lowest BCUT2D eigenvalue weighted by Crippen LogP contribution is -2.58. The number of fused-ring (bicyclic) bond motifs is 3. The molecule has 2 atom stereocenters. The van der Waals surface area contributed by atoms with Crippen LogP contribution in [0, 0.1) is 11.8 Å². The van der Waals surface area contributed by atoms with Crippen molar-refractivity contribution in [2.24, 2.45) is 17.6 Å². The molecule has 0 aromatic carbocycles. The number of nitrogens with one attached hydrogen (secondary N) is 1. The van der Waals surface area contributed by atoms with E-state index in [0.29, 0.717) is 16.9 Å². The first-order valence-electron chi connectivity index (χ1n) is 6.94. The van der Waals surface area contributed by atoms with E-state index >= 15 is 0 Å². The van der Waals surface area contributed by atoms with Gasteiger partial charge in [-0.2, -0.15) is 0 Å². The molecule has 4 nitrogen and oxygen atoms in total. The van der Waals surface area contributed by atoms with Crippen LogP contribution in [0.2, 0.25) is 0 Å². The summed E-state index contributed by atoms with van der Waals surface area (Å²) >= 11 is 5.00. The third-order valence-corrected chi connectivity index (χ3v) is 4.51. The predicted octanol–water partition coefficient (Wildman–Crippen LogP) is 0.899. The summed E-state index contributed by atoms with van der Waals surface area (Å²) in [5.74, 6) is 0.385. The number of hydrogen-bond donors (Lipinski definition) is 2. The van der Waals surface area contributed by atoms with Crippen molar-refractivity contribution in [3.8, 4) is 0 Å². The van der Waals surface area contributed by atoms with Crippen LogP contribution in [0.15, 0.2) is 0 Å². The average Bonchev–Trinajstić information content (AvgIpc) is 2.36. The minimum absolute atomic E-state index is 0.0306. The molecule has 3 fully saturated rings.